The number of imidazole rings is 1. The number of aryl methyl sites for hydroxylation is 1. The van der Waals surface area contributed by atoms with Crippen LogP contribution in [-0.2, 0) is 13.1 Å². The molecule has 0 bridgehead atoms. The lowest BCUT2D eigenvalue weighted by atomic mass is 10.1. The Morgan fingerprint density at radius 2 is 1.91 bits per heavy atom. The van der Waals surface area contributed by atoms with Crippen molar-refractivity contribution in [2.75, 3.05) is 0 Å². The molecule has 1 aromatic heterocycles. The molecule has 0 amide bonds. The van der Waals surface area contributed by atoms with Gasteiger partial charge in [-0.2, -0.15) is 0 Å². The molecule has 3 nitrogen and oxygen atoms in total. The minimum absolute atomic E-state index is 0.324. The van der Waals surface area contributed by atoms with Crippen molar-refractivity contribution in [3.63, 3.8) is 0 Å². The van der Waals surface area contributed by atoms with E-state index in [4.69, 9.17) is 17.3 Å². The summed E-state index contributed by atoms with van der Waals surface area (Å²) < 4.78 is 15.2. The van der Waals surface area contributed by atoms with Gasteiger partial charge in [0.25, 0.3) is 0 Å². The quantitative estimate of drug-likeness (QED) is 0.781. The number of nitrogens with two attached hydrogens (primary N) is 1. The third kappa shape index (κ3) is 3.44. The zero-order valence-corrected chi connectivity index (χ0v) is 13.5. The van der Waals surface area contributed by atoms with Crippen molar-refractivity contribution in [1.29, 1.82) is 0 Å². The average molecular weight is 330 g/mol. The standard InChI is InChI=1S/C18H17ClFN3/c1-12-2-4-13(5-3-12)10-23-11-17(22-18(23)9-21)15-7-6-14(20)8-16(15)19/h2-8,11H,9-10,21H2,1H3. The Balaban J connectivity index is 1.95. The Kier molecular flexibility index (Phi) is 4.46. The first-order chi connectivity index (χ1) is 11.1. The van der Waals surface area contributed by atoms with Gasteiger partial charge in [0.1, 0.15) is 11.6 Å². The molecule has 2 aromatic carbocycles. The second-order valence-corrected chi connectivity index (χ2v) is 5.89. The summed E-state index contributed by atoms with van der Waals surface area (Å²) in [6.07, 6.45) is 1.90. The highest BCUT2D eigenvalue weighted by atomic mass is 35.5. The van der Waals surface area contributed by atoms with Gasteiger partial charge in [-0.15, -0.1) is 0 Å². The topological polar surface area (TPSA) is 43.8 Å². The van der Waals surface area contributed by atoms with Crippen molar-refractivity contribution in [2.24, 2.45) is 5.73 Å². The zero-order chi connectivity index (χ0) is 16.4. The highest BCUT2D eigenvalue weighted by Crippen LogP contribution is 2.28. The van der Waals surface area contributed by atoms with E-state index in [0.717, 1.165) is 5.82 Å². The SMILES string of the molecule is Cc1ccc(Cn2cc(-c3ccc(F)cc3Cl)nc2CN)cc1. The molecule has 0 unspecified atom stereocenters. The van der Waals surface area contributed by atoms with Crippen LogP contribution in [0.25, 0.3) is 11.3 Å². The molecule has 0 spiro atoms. The highest BCUT2D eigenvalue weighted by Gasteiger charge is 2.12. The predicted octanol–water partition coefficient (Wildman–Crippen LogP) is 4.16. The lowest BCUT2D eigenvalue weighted by Gasteiger charge is -2.06. The Morgan fingerprint density at radius 1 is 1.17 bits per heavy atom. The Morgan fingerprint density at radius 3 is 2.57 bits per heavy atom. The summed E-state index contributed by atoms with van der Waals surface area (Å²) in [5, 5.41) is 0.341. The summed E-state index contributed by atoms with van der Waals surface area (Å²) in [6, 6.07) is 12.6. The summed E-state index contributed by atoms with van der Waals surface area (Å²) in [6.45, 7) is 3.06. The van der Waals surface area contributed by atoms with Crippen LogP contribution in [0.2, 0.25) is 5.02 Å². The molecule has 0 aliphatic carbocycles. The van der Waals surface area contributed by atoms with Crippen molar-refractivity contribution in [2.45, 2.75) is 20.0 Å². The van der Waals surface area contributed by atoms with Gasteiger partial charge in [0.05, 0.1) is 17.3 Å². The van der Waals surface area contributed by atoms with Gasteiger partial charge in [-0.25, -0.2) is 9.37 Å². The van der Waals surface area contributed by atoms with Crippen molar-refractivity contribution in [3.8, 4) is 11.3 Å². The molecule has 0 atom stereocenters. The molecule has 3 aromatic rings. The summed E-state index contributed by atoms with van der Waals surface area (Å²) in [7, 11) is 0. The maximum atomic E-state index is 13.2. The minimum atomic E-state index is -0.364. The van der Waals surface area contributed by atoms with Crippen molar-refractivity contribution >= 4 is 11.6 Å². The monoisotopic (exact) mass is 329 g/mol. The molecule has 0 aliphatic heterocycles. The first kappa shape index (κ1) is 15.7. The maximum absolute atomic E-state index is 13.2. The van der Waals surface area contributed by atoms with Crippen LogP contribution in [0.4, 0.5) is 4.39 Å². The maximum Gasteiger partial charge on any atom is 0.124 e. The number of hydrogen-bond acceptors (Lipinski definition) is 2. The Bertz CT molecular complexity index is 825. The van der Waals surface area contributed by atoms with Crippen molar-refractivity contribution in [3.05, 3.63) is 76.5 Å². The van der Waals surface area contributed by atoms with Crippen LogP contribution in [0.15, 0.2) is 48.7 Å². The van der Waals surface area contributed by atoms with E-state index in [1.807, 2.05) is 10.8 Å². The van der Waals surface area contributed by atoms with Gasteiger partial charge in [0, 0.05) is 18.3 Å². The van der Waals surface area contributed by atoms with E-state index in [1.165, 1.54) is 23.3 Å². The number of nitrogens with zero attached hydrogens (tertiary/aromatic N) is 2. The van der Waals surface area contributed by atoms with E-state index in [-0.39, 0.29) is 5.82 Å². The van der Waals surface area contributed by atoms with Crippen LogP contribution in [0, 0.1) is 12.7 Å². The summed E-state index contributed by atoms with van der Waals surface area (Å²) in [5.74, 6) is 0.401. The molecule has 0 fully saturated rings. The van der Waals surface area contributed by atoms with Gasteiger partial charge in [0.2, 0.25) is 0 Å². The van der Waals surface area contributed by atoms with E-state index in [0.29, 0.717) is 29.4 Å². The molecular weight excluding hydrogens is 313 g/mol. The molecule has 118 valence electrons. The number of rotatable bonds is 4. The van der Waals surface area contributed by atoms with E-state index in [2.05, 4.69) is 36.2 Å². The van der Waals surface area contributed by atoms with Gasteiger partial charge in [-0.1, -0.05) is 41.4 Å². The highest BCUT2D eigenvalue weighted by molar-refractivity contribution is 6.33. The Labute approximate surface area is 139 Å². The van der Waals surface area contributed by atoms with Gasteiger partial charge >= 0.3 is 0 Å². The van der Waals surface area contributed by atoms with Gasteiger partial charge < -0.3 is 10.3 Å². The van der Waals surface area contributed by atoms with Crippen LogP contribution in [0.5, 0.6) is 0 Å². The van der Waals surface area contributed by atoms with Gasteiger partial charge in [-0.05, 0) is 30.7 Å². The van der Waals surface area contributed by atoms with Gasteiger partial charge in [-0.3, -0.25) is 0 Å². The molecule has 1 heterocycles. The summed E-state index contributed by atoms with van der Waals surface area (Å²) >= 11 is 6.13. The van der Waals surface area contributed by atoms with Crippen LogP contribution < -0.4 is 5.73 Å². The fraction of sp³-hybridized carbons (Fsp3) is 0.167. The molecule has 0 aliphatic rings. The first-order valence-electron chi connectivity index (χ1n) is 7.34. The minimum Gasteiger partial charge on any atom is -0.329 e. The second kappa shape index (κ2) is 6.52. The molecule has 2 N–H and O–H groups in total. The zero-order valence-electron chi connectivity index (χ0n) is 12.8. The molecule has 5 heteroatoms. The number of hydrogen-bond donors (Lipinski definition) is 1. The van der Waals surface area contributed by atoms with E-state index < -0.39 is 0 Å². The van der Waals surface area contributed by atoms with Crippen LogP contribution in [-0.4, -0.2) is 9.55 Å². The fourth-order valence-corrected chi connectivity index (χ4v) is 2.74. The van der Waals surface area contributed by atoms with E-state index in [9.17, 15) is 4.39 Å². The lowest BCUT2D eigenvalue weighted by Crippen LogP contribution is -2.08. The smallest absolute Gasteiger partial charge is 0.124 e. The molecule has 0 saturated heterocycles. The molecule has 23 heavy (non-hydrogen) atoms. The predicted molar refractivity (Wildman–Crippen MR) is 90.8 cm³/mol. The van der Waals surface area contributed by atoms with E-state index in [1.54, 1.807) is 6.07 Å². The lowest BCUT2D eigenvalue weighted by molar-refractivity contribution is 0.628. The molecular formula is C18H17ClFN3. The number of halogens is 2. The normalized spacial score (nSPS) is 11.0. The van der Waals surface area contributed by atoms with Crippen LogP contribution >= 0.6 is 11.6 Å². The molecule has 0 saturated carbocycles. The van der Waals surface area contributed by atoms with Crippen molar-refractivity contribution < 1.29 is 4.39 Å². The van der Waals surface area contributed by atoms with Crippen LogP contribution in [0.1, 0.15) is 17.0 Å². The summed E-state index contributed by atoms with van der Waals surface area (Å²) in [5.41, 5.74) is 9.59. The largest absolute Gasteiger partial charge is 0.329 e. The Hall–Kier alpha value is -2.17. The van der Waals surface area contributed by atoms with Gasteiger partial charge in [0.15, 0.2) is 0 Å². The third-order valence-corrected chi connectivity index (χ3v) is 4.04. The number of benzene rings is 2. The number of aromatic nitrogens is 2. The summed E-state index contributed by atoms with van der Waals surface area (Å²) in [4.78, 5) is 4.53. The third-order valence-electron chi connectivity index (χ3n) is 3.72. The van der Waals surface area contributed by atoms with E-state index >= 15 is 0 Å². The second-order valence-electron chi connectivity index (χ2n) is 5.48. The molecule has 3 rings (SSSR count). The average Bonchev–Trinajstić information content (AvgIpc) is 2.92. The first-order valence-corrected chi connectivity index (χ1v) is 7.71. The fourth-order valence-electron chi connectivity index (χ4n) is 2.47. The molecule has 0 radical (unpaired) electrons. The van der Waals surface area contributed by atoms with Crippen LogP contribution in [0.3, 0.4) is 0 Å². The van der Waals surface area contributed by atoms with Crippen molar-refractivity contribution in [1.82, 2.24) is 9.55 Å².